The molecule has 2 rings (SSSR count). The van der Waals surface area contributed by atoms with Crippen molar-refractivity contribution in [2.45, 2.75) is 43.7 Å². The van der Waals surface area contributed by atoms with Gasteiger partial charge in [0.2, 0.25) is 10.0 Å². The summed E-state index contributed by atoms with van der Waals surface area (Å²) in [6, 6.07) is 7.49. The van der Waals surface area contributed by atoms with Crippen LogP contribution in [0, 0.1) is 5.92 Å². The fourth-order valence-electron chi connectivity index (χ4n) is 2.26. The Hall–Kier alpha value is -0.910. The van der Waals surface area contributed by atoms with Crippen molar-refractivity contribution in [1.29, 1.82) is 0 Å². The van der Waals surface area contributed by atoms with Crippen LogP contribution in [-0.4, -0.2) is 21.5 Å². The Bertz CT molecular complexity index is 538. The minimum atomic E-state index is -3.38. The van der Waals surface area contributed by atoms with Gasteiger partial charge in [-0.15, -0.1) is 0 Å². The molecule has 3 atom stereocenters. The molecule has 19 heavy (non-hydrogen) atoms. The highest BCUT2D eigenvalue weighted by molar-refractivity contribution is 7.89. The van der Waals surface area contributed by atoms with Gasteiger partial charge in [0.25, 0.3) is 0 Å². The van der Waals surface area contributed by atoms with Gasteiger partial charge in [0.05, 0.1) is 4.90 Å². The summed E-state index contributed by atoms with van der Waals surface area (Å²) in [5.41, 5.74) is 1.01. The summed E-state index contributed by atoms with van der Waals surface area (Å²) in [7, 11) is -1.49. The zero-order valence-electron chi connectivity index (χ0n) is 11.7. The first-order valence-electron chi connectivity index (χ1n) is 6.77. The molecular formula is C14H22N2O2S. The van der Waals surface area contributed by atoms with Crippen LogP contribution in [0.2, 0.25) is 0 Å². The van der Waals surface area contributed by atoms with Crippen LogP contribution in [0.3, 0.4) is 0 Å². The number of nitrogens with one attached hydrogen (secondary N) is 2. The van der Waals surface area contributed by atoms with Crippen molar-refractivity contribution in [3.05, 3.63) is 29.8 Å². The number of rotatable bonds is 6. The highest BCUT2D eigenvalue weighted by Gasteiger charge is 2.36. The third kappa shape index (κ3) is 3.35. The van der Waals surface area contributed by atoms with E-state index in [1.807, 2.05) is 13.1 Å². The third-order valence-electron chi connectivity index (χ3n) is 3.74. The second kappa shape index (κ2) is 5.61. The van der Waals surface area contributed by atoms with Crippen LogP contribution in [0.4, 0.5) is 0 Å². The van der Waals surface area contributed by atoms with Gasteiger partial charge in [-0.3, -0.25) is 0 Å². The molecule has 0 amide bonds. The lowest BCUT2D eigenvalue weighted by atomic mass is 10.1. The third-order valence-corrected chi connectivity index (χ3v) is 5.23. The lowest BCUT2D eigenvalue weighted by Gasteiger charge is -2.15. The Morgan fingerprint density at radius 1 is 1.42 bits per heavy atom. The number of sulfonamides is 1. The van der Waals surface area contributed by atoms with Gasteiger partial charge < -0.3 is 5.32 Å². The summed E-state index contributed by atoms with van der Waals surface area (Å²) in [6.45, 7) is 4.13. The maximum Gasteiger partial charge on any atom is 0.240 e. The molecule has 0 spiro atoms. The largest absolute Gasteiger partial charge is 0.313 e. The highest BCUT2D eigenvalue weighted by Crippen LogP contribution is 2.31. The van der Waals surface area contributed by atoms with Gasteiger partial charge in [-0.05, 0) is 43.5 Å². The highest BCUT2D eigenvalue weighted by atomic mass is 32.2. The molecule has 2 N–H and O–H groups in total. The molecule has 0 saturated heterocycles. The first-order chi connectivity index (χ1) is 8.97. The molecule has 1 aromatic rings. The van der Waals surface area contributed by atoms with Crippen LogP contribution in [0.5, 0.6) is 0 Å². The first kappa shape index (κ1) is 14.5. The Kier molecular flexibility index (Phi) is 4.28. The zero-order chi connectivity index (χ0) is 14.0. The van der Waals surface area contributed by atoms with Gasteiger partial charge >= 0.3 is 0 Å². The smallest absolute Gasteiger partial charge is 0.240 e. The monoisotopic (exact) mass is 282 g/mol. The molecule has 0 heterocycles. The molecule has 1 aliphatic carbocycles. The molecule has 1 saturated carbocycles. The van der Waals surface area contributed by atoms with Crippen molar-refractivity contribution >= 4 is 10.0 Å². The molecule has 0 bridgehead atoms. The predicted molar refractivity (Wildman–Crippen MR) is 76.4 cm³/mol. The average Bonchev–Trinajstić information content (AvgIpc) is 3.06. The fraction of sp³-hybridized carbons (Fsp3) is 0.571. The van der Waals surface area contributed by atoms with Crippen molar-refractivity contribution in [2.75, 3.05) is 7.05 Å². The average molecular weight is 282 g/mol. The lowest BCUT2D eigenvalue weighted by Crippen LogP contribution is -2.27. The minimum Gasteiger partial charge on any atom is -0.313 e. The quantitative estimate of drug-likeness (QED) is 0.839. The van der Waals surface area contributed by atoms with E-state index in [0.29, 0.717) is 10.8 Å². The summed E-state index contributed by atoms with van der Waals surface area (Å²) in [6.07, 6.45) is 1.86. The summed E-state index contributed by atoms with van der Waals surface area (Å²) in [5, 5.41) is 3.19. The van der Waals surface area contributed by atoms with Crippen LogP contribution in [-0.2, 0) is 10.0 Å². The van der Waals surface area contributed by atoms with E-state index < -0.39 is 10.0 Å². The van der Waals surface area contributed by atoms with E-state index in [1.54, 1.807) is 18.2 Å². The molecule has 5 heteroatoms. The van der Waals surface area contributed by atoms with Crippen molar-refractivity contribution in [1.82, 2.24) is 10.0 Å². The molecule has 106 valence electrons. The Morgan fingerprint density at radius 2 is 2.11 bits per heavy atom. The molecule has 0 radical (unpaired) electrons. The van der Waals surface area contributed by atoms with Gasteiger partial charge in [-0.2, -0.15) is 0 Å². The van der Waals surface area contributed by atoms with Crippen molar-refractivity contribution in [3.8, 4) is 0 Å². The summed E-state index contributed by atoms with van der Waals surface area (Å²) in [5.74, 6) is 0.457. The maximum atomic E-state index is 12.2. The minimum absolute atomic E-state index is 0.111. The Labute approximate surface area is 115 Å². The van der Waals surface area contributed by atoms with E-state index in [0.717, 1.165) is 18.4 Å². The van der Waals surface area contributed by atoms with E-state index in [2.05, 4.69) is 23.9 Å². The molecule has 1 aliphatic rings. The van der Waals surface area contributed by atoms with E-state index in [9.17, 15) is 8.42 Å². The van der Waals surface area contributed by atoms with E-state index >= 15 is 0 Å². The maximum absolute atomic E-state index is 12.2. The van der Waals surface area contributed by atoms with Crippen LogP contribution in [0.1, 0.15) is 38.3 Å². The van der Waals surface area contributed by atoms with Crippen LogP contribution >= 0.6 is 0 Å². The van der Waals surface area contributed by atoms with Gasteiger partial charge in [0.1, 0.15) is 0 Å². The van der Waals surface area contributed by atoms with Crippen LogP contribution < -0.4 is 10.0 Å². The van der Waals surface area contributed by atoms with Gasteiger partial charge in [-0.25, -0.2) is 13.1 Å². The summed E-state index contributed by atoms with van der Waals surface area (Å²) in [4.78, 5) is 0.359. The Morgan fingerprint density at radius 3 is 2.63 bits per heavy atom. The summed E-state index contributed by atoms with van der Waals surface area (Å²) >= 11 is 0. The Balaban J connectivity index is 2.22. The van der Waals surface area contributed by atoms with Crippen LogP contribution in [0.15, 0.2) is 29.2 Å². The van der Waals surface area contributed by atoms with E-state index in [1.165, 1.54) is 0 Å². The molecule has 1 fully saturated rings. The molecule has 1 aromatic carbocycles. The standard InChI is InChI=1S/C14H22N2O2S/c1-4-13(15-3)11-6-5-7-12(9-11)19(17,18)16-14-8-10(14)2/h5-7,9-10,13-16H,4,8H2,1-3H3. The second-order valence-corrected chi connectivity index (χ2v) is 6.98. The van der Waals surface area contributed by atoms with E-state index in [4.69, 9.17) is 0 Å². The first-order valence-corrected chi connectivity index (χ1v) is 8.25. The molecule has 4 nitrogen and oxygen atoms in total. The predicted octanol–water partition coefficient (Wildman–Crippen LogP) is 2.04. The van der Waals surface area contributed by atoms with Gasteiger partial charge in [0.15, 0.2) is 0 Å². The van der Waals surface area contributed by atoms with Gasteiger partial charge in [-0.1, -0.05) is 26.0 Å². The number of hydrogen-bond donors (Lipinski definition) is 2. The zero-order valence-corrected chi connectivity index (χ0v) is 12.5. The second-order valence-electron chi connectivity index (χ2n) is 5.26. The SMILES string of the molecule is CCC(NC)c1cccc(S(=O)(=O)NC2CC2C)c1. The number of hydrogen-bond acceptors (Lipinski definition) is 3. The van der Waals surface area contributed by atoms with Gasteiger partial charge in [0, 0.05) is 12.1 Å². The van der Waals surface area contributed by atoms with E-state index in [-0.39, 0.29) is 12.1 Å². The summed E-state index contributed by atoms with van der Waals surface area (Å²) < 4.78 is 27.2. The fourth-order valence-corrected chi connectivity index (χ4v) is 3.67. The van der Waals surface area contributed by atoms with Crippen molar-refractivity contribution in [3.63, 3.8) is 0 Å². The van der Waals surface area contributed by atoms with Crippen molar-refractivity contribution < 1.29 is 8.42 Å². The normalized spacial score (nSPS) is 24.2. The lowest BCUT2D eigenvalue weighted by molar-refractivity contribution is 0.569. The molecule has 0 aliphatic heterocycles. The topological polar surface area (TPSA) is 58.2 Å². The van der Waals surface area contributed by atoms with Crippen molar-refractivity contribution in [2.24, 2.45) is 5.92 Å². The molecular weight excluding hydrogens is 260 g/mol. The molecule has 0 aromatic heterocycles. The molecule has 3 unspecified atom stereocenters. The van der Waals surface area contributed by atoms with Crippen LogP contribution in [0.25, 0.3) is 0 Å². The number of benzene rings is 1.